The van der Waals surface area contributed by atoms with E-state index in [2.05, 4.69) is 6.92 Å². The molecule has 0 aromatic heterocycles. The number of unbranched alkanes of at least 4 members (excludes halogenated alkanes) is 9. The van der Waals surface area contributed by atoms with E-state index in [4.69, 9.17) is 4.74 Å². The number of rotatable bonds is 12. The fourth-order valence-electron chi connectivity index (χ4n) is 2.23. The quantitative estimate of drug-likeness (QED) is 0.202. The van der Waals surface area contributed by atoms with E-state index in [1.807, 2.05) is 25.2 Å². The fourth-order valence-corrected chi connectivity index (χ4v) is 2.23. The Balaban J connectivity index is 3.60. The van der Waals surface area contributed by atoms with Gasteiger partial charge >= 0.3 is 5.97 Å². The smallest absolute Gasteiger partial charge is 0.337 e. The topological polar surface area (TPSA) is 26.3 Å². The minimum atomic E-state index is -0.237. The van der Waals surface area contributed by atoms with Gasteiger partial charge in [-0.05, 0) is 19.8 Å². The van der Waals surface area contributed by atoms with Crippen LogP contribution in [0.1, 0.15) is 78.1 Å². The molecule has 0 atom stereocenters. The number of ether oxygens (including phenoxy) is 1. The van der Waals surface area contributed by atoms with Crippen molar-refractivity contribution in [2.24, 2.45) is 0 Å². The molecule has 0 fully saturated rings. The first-order chi connectivity index (χ1) is 9.76. The van der Waals surface area contributed by atoms with E-state index in [-0.39, 0.29) is 5.97 Å². The highest BCUT2D eigenvalue weighted by Gasteiger charge is 2.04. The van der Waals surface area contributed by atoms with Gasteiger partial charge in [0.1, 0.15) is 0 Å². The van der Waals surface area contributed by atoms with Crippen molar-refractivity contribution >= 4 is 5.97 Å². The fraction of sp³-hybridized carbons (Fsp3) is 0.722. The summed E-state index contributed by atoms with van der Waals surface area (Å²) in [5.41, 5.74) is 0.676. The average molecular weight is 280 g/mol. The summed E-state index contributed by atoms with van der Waals surface area (Å²) >= 11 is 0. The Morgan fingerprint density at radius 3 is 2.00 bits per heavy atom. The van der Waals surface area contributed by atoms with Gasteiger partial charge in [0.05, 0.1) is 12.7 Å². The Morgan fingerprint density at radius 1 is 0.950 bits per heavy atom. The lowest BCUT2D eigenvalue weighted by molar-refractivity contribution is -0.135. The predicted molar refractivity (Wildman–Crippen MR) is 86.8 cm³/mol. The van der Waals surface area contributed by atoms with Crippen LogP contribution in [0.2, 0.25) is 0 Å². The molecule has 20 heavy (non-hydrogen) atoms. The van der Waals surface area contributed by atoms with Crippen molar-refractivity contribution in [3.05, 3.63) is 23.8 Å². The third-order valence-corrected chi connectivity index (χ3v) is 3.44. The molecular formula is C18H32O2. The molecule has 0 aliphatic carbocycles. The van der Waals surface area contributed by atoms with E-state index < -0.39 is 0 Å². The highest BCUT2D eigenvalue weighted by atomic mass is 16.5. The molecule has 0 saturated heterocycles. The first kappa shape index (κ1) is 18.9. The summed E-state index contributed by atoms with van der Waals surface area (Å²) in [7, 11) is 1.43. The monoisotopic (exact) mass is 280 g/mol. The van der Waals surface area contributed by atoms with Gasteiger partial charge < -0.3 is 4.74 Å². The van der Waals surface area contributed by atoms with Crippen LogP contribution < -0.4 is 0 Å². The van der Waals surface area contributed by atoms with E-state index >= 15 is 0 Å². The number of hydrogen-bond donors (Lipinski definition) is 0. The van der Waals surface area contributed by atoms with Crippen LogP contribution in [0, 0.1) is 0 Å². The average Bonchev–Trinajstić information content (AvgIpc) is 2.47. The van der Waals surface area contributed by atoms with Crippen LogP contribution in [-0.2, 0) is 9.53 Å². The normalized spacial score (nSPS) is 12.1. The van der Waals surface area contributed by atoms with Crippen molar-refractivity contribution in [3.63, 3.8) is 0 Å². The molecule has 0 amide bonds. The molecule has 0 radical (unpaired) electrons. The van der Waals surface area contributed by atoms with Crippen molar-refractivity contribution in [2.75, 3.05) is 7.11 Å². The minimum absolute atomic E-state index is 0.237. The third kappa shape index (κ3) is 10.8. The Kier molecular flexibility index (Phi) is 13.6. The number of carbonyl (C=O) groups excluding carboxylic acids is 1. The second kappa shape index (κ2) is 14.4. The molecule has 0 spiro atoms. The van der Waals surface area contributed by atoms with Crippen LogP contribution in [0.25, 0.3) is 0 Å². The van der Waals surface area contributed by atoms with Crippen molar-refractivity contribution in [2.45, 2.75) is 78.1 Å². The highest BCUT2D eigenvalue weighted by Crippen LogP contribution is 2.11. The van der Waals surface area contributed by atoms with Gasteiger partial charge in [-0.3, -0.25) is 0 Å². The van der Waals surface area contributed by atoms with Crippen LogP contribution in [0.3, 0.4) is 0 Å². The minimum Gasteiger partial charge on any atom is -0.465 e. The molecule has 2 heteroatoms. The lowest BCUT2D eigenvalue weighted by Crippen LogP contribution is -2.02. The van der Waals surface area contributed by atoms with E-state index in [0.717, 1.165) is 12.8 Å². The number of allylic oxidation sites excluding steroid dienone is 2. The third-order valence-electron chi connectivity index (χ3n) is 3.44. The Bertz CT molecular complexity index is 290. The van der Waals surface area contributed by atoms with Gasteiger partial charge in [-0.15, -0.1) is 0 Å². The lowest BCUT2D eigenvalue weighted by Gasteiger charge is -2.02. The van der Waals surface area contributed by atoms with Gasteiger partial charge in [0.2, 0.25) is 0 Å². The number of carbonyl (C=O) groups is 1. The molecule has 0 bridgehead atoms. The van der Waals surface area contributed by atoms with Crippen LogP contribution in [0.5, 0.6) is 0 Å². The van der Waals surface area contributed by atoms with Crippen LogP contribution in [0.15, 0.2) is 23.8 Å². The van der Waals surface area contributed by atoms with E-state index in [1.165, 1.54) is 58.5 Å². The molecule has 0 saturated carbocycles. The van der Waals surface area contributed by atoms with E-state index in [0.29, 0.717) is 5.57 Å². The molecule has 0 unspecified atom stereocenters. The van der Waals surface area contributed by atoms with Gasteiger partial charge in [0, 0.05) is 0 Å². The molecule has 0 rings (SSSR count). The van der Waals surface area contributed by atoms with E-state index in [1.54, 1.807) is 0 Å². The first-order valence-electron chi connectivity index (χ1n) is 8.17. The number of hydrogen-bond acceptors (Lipinski definition) is 2. The zero-order valence-electron chi connectivity index (χ0n) is 13.6. The summed E-state index contributed by atoms with van der Waals surface area (Å²) in [6, 6.07) is 0. The summed E-state index contributed by atoms with van der Waals surface area (Å²) in [6.45, 7) is 4.17. The molecule has 0 heterocycles. The van der Waals surface area contributed by atoms with Crippen molar-refractivity contribution in [1.29, 1.82) is 0 Å². The molecule has 2 nitrogen and oxygen atoms in total. The van der Waals surface area contributed by atoms with Gasteiger partial charge in [-0.2, -0.15) is 0 Å². The molecular weight excluding hydrogens is 248 g/mol. The van der Waals surface area contributed by atoms with Gasteiger partial charge in [0.15, 0.2) is 0 Å². The van der Waals surface area contributed by atoms with Crippen LogP contribution in [0.4, 0.5) is 0 Å². The second-order valence-corrected chi connectivity index (χ2v) is 5.27. The van der Waals surface area contributed by atoms with Crippen molar-refractivity contribution in [3.8, 4) is 0 Å². The van der Waals surface area contributed by atoms with Gasteiger partial charge in [-0.1, -0.05) is 76.5 Å². The summed E-state index contributed by atoms with van der Waals surface area (Å²) < 4.78 is 4.75. The molecule has 0 aromatic carbocycles. The van der Waals surface area contributed by atoms with E-state index in [9.17, 15) is 4.79 Å². The largest absolute Gasteiger partial charge is 0.465 e. The predicted octanol–water partition coefficient (Wildman–Crippen LogP) is 5.58. The van der Waals surface area contributed by atoms with Crippen LogP contribution in [-0.4, -0.2) is 13.1 Å². The maximum absolute atomic E-state index is 11.5. The van der Waals surface area contributed by atoms with Crippen molar-refractivity contribution in [1.82, 2.24) is 0 Å². The first-order valence-corrected chi connectivity index (χ1v) is 8.17. The standard InChI is InChI=1S/C18H32O2/c1-4-6-7-8-9-10-11-12-13-14-16-17(15-5-2)18(19)20-3/h5,15-16H,4,6-14H2,1-3H3/b15-5+,17-16-. The number of esters is 1. The molecule has 0 aliphatic heterocycles. The Morgan fingerprint density at radius 2 is 1.50 bits per heavy atom. The second-order valence-electron chi connectivity index (χ2n) is 5.27. The van der Waals surface area contributed by atoms with Gasteiger partial charge in [-0.25, -0.2) is 4.79 Å². The maximum Gasteiger partial charge on any atom is 0.337 e. The maximum atomic E-state index is 11.5. The zero-order chi connectivity index (χ0) is 15.1. The summed E-state index contributed by atoms with van der Waals surface area (Å²) in [5, 5.41) is 0. The summed E-state index contributed by atoms with van der Waals surface area (Å²) in [6.07, 6.45) is 18.6. The zero-order valence-corrected chi connectivity index (χ0v) is 13.6. The SMILES string of the molecule is C/C=C/C(=C/CCCCCCCCCCC)C(=O)OC. The van der Waals surface area contributed by atoms with Gasteiger partial charge in [0.25, 0.3) is 0 Å². The lowest BCUT2D eigenvalue weighted by atomic mass is 10.1. The Hall–Kier alpha value is -1.05. The Labute approximate surface area is 125 Å². The summed E-state index contributed by atoms with van der Waals surface area (Å²) in [5.74, 6) is -0.237. The van der Waals surface area contributed by atoms with Crippen molar-refractivity contribution < 1.29 is 9.53 Å². The molecule has 0 aromatic rings. The van der Waals surface area contributed by atoms with Crippen LogP contribution >= 0.6 is 0 Å². The molecule has 0 N–H and O–H groups in total. The molecule has 0 aliphatic rings. The number of methoxy groups -OCH3 is 1. The highest BCUT2D eigenvalue weighted by molar-refractivity contribution is 5.91. The summed E-state index contributed by atoms with van der Waals surface area (Å²) in [4.78, 5) is 11.5. The molecule has 116 valence electrons.